The lowest BCUT2D eigenvalue weighted by atomic mass is 10.2. The summed E-state index contributed by atoms with van der Waals surface area (Å²) in [6, 6.07) is 5.84. The second-order valence-electron chi connectivity index (χ2n) is 3.38. The van der Waals surface area contributed by atoms with E-state index in [9.17, 15) is 0 Å². The van der Waals surface area contributed by atoms with Crippen molar-refractivity contribution in [3.8, 4) is 0 Å². The Hall–Kier alpha value is -1.38. The van der Waals surface area contributed by atoms with E-state index < -0.39 is 0 Å². The van der Waals surface area contributed by atoms with Crippen molar-refractivity contribution in [2.45, 2.75) is 26.2 Å². The molecule has 0 atom stereocenters. The minimum Gasteiger partial charge on any atom is -0.370 e. The Morgan fingerprint density at radius 3 is 2.93 bits per heavy atom. The Morgan fingerprint density at radius 1 is 1.43 bits per heavy atom. The van der Waals surface area contributed by atoms with Crippen LogP contribution in [0.3, 0.4) is 0 Å². The van der Waals surface area contributed by atoms with Crippen LogP contribution in [-0.4, -0.2) is 17.2 Å². The van der Waals surface area contributed by atoms with Gasteiger partial charge >= 0.3 is 0 Å². The van der Waals surface area contributed by atoms with Crippen LogP contribution in [0.5, 0.6) is 0 Å². The minimum atomic E-state index is 0.767. The molecule has 0 saturated heterocycles. The minimum absolute atomic E-state index is 0.767. The van der Waals surface area contributed by atoms with Gasteiger partial charge in [-0.1, -0.05) is 6.07 Å². The Kier molecular flexibility index (Phi) is 4.69. The third-order valence-electron chi connectivity index (χ3n) is 1.95. The van der Waals surface area contributed by atoms with Crippen LogP contribution in [0, 0.1) is 5.41 Å². The molecule has 1 aromatic rings. The largest absolute Gasteiger partial charge is 0.370 e. The summed E-state index contributed by atoms with van der Waals surface area (Å²) in [5.41, 5.74) is 0.767. The van der Waals surface area contributed by atoms with Crippen LogP contribution in [0.4, 0.5) is 5.82 Å². The van der Waals surface area contributed by atoms with E-state index in [1.807, 2.05) is 25.1 Å². The van der Waals surface area contributed by atoms with Gasteiger partial charge in [-0.15, -0.1) is 0 Å². The molecule has 14 heavy (non-hydrogen) atoms. The number of anilines is 1. The van der Waals surface area contributed by atoms with Gasteiger partial charge in [0.2, 0.25) is 0 Å². The molecule has 3 heteroatoms. The van der Waals surface area contributed by atoms with E-state index in [1.165, 1.54) is 0 Å². The standard InChI is InChI=1S/C11H17N3/c1-10(12)6-2-4-8-13-11-7-3-5-9-14-11/h3,5,7,9,12H,2,4,6,8H2,1H3,(H,13,14). The summed E-state index contributed by atoms with van der Waals surface area (Å²) in [5, 5.41) is 10.5. The number of hydrogen-bond donors (Lipinski definition) is 2. The van der Waals surface area contributed by atoms with Gasteiger partial charge in [0.25, 0.3) is 0 Å². The van der Waals surface area contributed by atoms with E-state index in [0.29, 0.717) is 0 Å². The van der Waals surface area contributed by atoms with Gasteiger partial charge in [0.1, 0.15) is 5.82 Å². The molecular formula is C11H17N3. The van der Waals surface area contributed by atoms with Crippen molar-refractivity contribution in [3.05, 3.63) is 24.4 Å². The summed E-state index contributed by atoms with van der Waals surface area (Å²) in [4.78, 5) is 4.16. The number of rotatable bonds is 6. The number of unbranched alkanes of at least 4 members (excludes halogenated alkanes) is 1. The Bertz CT molecular complexity index is 269. The van der Waals surface area contributed by atoms with Crippen LogP contribution < -0.4 is 5.32 Å². The number of aromatic nitrogens is 1. The Morgan fingerprint density at radius 2 is 2.29 bits per heavy atom. The molecule has 0 bridgehead atoms. The molecule has 0 aromatic carbocycles. The normalized spacial score (nSPS) is 9.79. The molecule has 1 aromatic heterocycles. The number of pyridine rings is 1. The van der Waals surface area contributed by atoms with Crippen molar-refractivity contribution in [2.24, 2.45) is 0 Å². The van der Waals surface area contributed by atoms with Gasteiger partial charge in [-0.05, 0) is 38.3 Å². The van der Waals surface area contributed by atoms with E-state index in [2.05, 4.69) is 10.3 Å². The fourth-order valence-corrected chi connectivity index (χ4v) is 1.20. The van der Waals surface area contributed by atoms with Crippen LogP contribution in [0.2, 0.25) is 0 Å². The maximum absolute atomic E-state index is 7.26. The molecule has 0 aliphatic heterocycles. The van der Waals surface area contributed by atoms with Crippen LogP contribution >= 0.6 is 0 Å². The Balaban J connectivity index is 2.08. The SMILES string of the molecule is CC(=N)CCCCNc1ccccn1. The van der Waals surface area contributed by atoms with Crippen LogP contribution in [-0.2, 0) is 0 Å². The average Bonchev–Trinajstić information content (AvgIpc) is 2.18. The molecule has 3 nitrogen and oxygen atoms in total. The van der Waals surface area contributed by atoms with Crippen LogP contribution in [0.1, 0.15) is 26.2 Å². The van der Waals surface area contributed by atoms with E-state index in [4.69, 9.17) is 5.41 Å². The first-order valence-corrected chi connectivity index (χ1v) is 4.98. The predicted octanol–water partition coefficient (Wildman–Crippen LogP) is 2.70. The van der Waals surface area contributed by atoms with Gasteiger partial charge in [-0.25, -0.2) is 4.98 Å². The zero-order valence-electron chi connectivity index (χ0n) is 8.59. The molecule has 1 rings (SSSR count). The molecule has 0 aliphatic carbocycles. The molecule has 76 valence electrons. The highest BCUT2D eigenvalue weighted by atomic mass is 15.0. The highest BCUT2D eigenvalue weighted by molar-refractivity contribution is 5.78. The quantitative estimate of drug-likeness (QED) is 0.536. The van der Waals surface area contributed by atoms with Crippen molar-refractivity contribution in [3.63, 3.8) is 0 Å². The molecule has 0 fully saturated rings. The first kappa shape index (κ1) is 10.7. The molecule has 0 saturated carbocycles. The van der Waals surface area contributed by atoms with Crippen LogP contribution in [0.15, 0.2) is 24.4 Å². The lowest BCUT2D eigenvalue weighted by Gasteiger charge is -2.04. The number of nitrogens with zero attached hydrogens (tertiary/aromatic N) is 1. The molecule has 0 amide bonds. The van der Waals surface area contributed by atoms with Crippen molar-refractivity contribution in [1.82, 2.24) is 4.98 Å². The molecule has 0 unspecified atom stereocenters. The van der Waals surface area contributed by atoms with Gasteiger partial charge in [0.05, 0.1) is 0 Å². The Labute approximate surface area is 85.1 Å². The maximum Gasteiger partial charge on any atom is 0.125 e. The second kappa shape index (κ2) is 6.13. The van der Waals surface area contributed by atoms with E-state index >= 15 is 0 Å². The summed E-state index contributed by atoms with van der Waals surface area (Å²) in [6.45, 7) is 2.79. The predicted molar refractivity (Wildman–Crippen MR) is 60.0 cm³/mol. The zero-order chi connectivity index (χ0) is 10.2. The molecule has 1 heterocycles. The first-order valence-electron chi connectivity index (χ1n) is 4.98. The average molecular weight is 191 g/mol. The highest BCUT2D eigenvalue weighted by Crippen LogP contribution is 2.01. The van der Waals surface area contributed by atoms with Crippen molar-refractivity contribution in [2.75, 3.05) is 11.9 Å². The summed E-state index contributed by atoms with van der Waals surface area (Å²) < 4.78 is 0. The van der Waals surface area contributed by atoms with E-state index in [-0.39, 0.29) is 0 Å². The monoisotopic (exact) mass is 191 g/mol. The third-order valence-corrected chi connectivity index (χ3v) is 1.95. The summed E-state index contributed by atoms with van der Waals surface area (Å²) >= 11 is 0. The fourth-order valence-electron chi connectivity index (χ4n) is 1.20. The third kappa shape index (κ3) is 4.60. The molecule has 0 aliphatic rings. The van der Waals surface area contributed by atoms with Crippen molar-refractivity contribution < 1.29 is 0 Å². The van der Waals surface area contributed by atoms with Gasteiger partial charge in [0, 0.05) is 18.5 Å². The lowest BCUT2D eigenvalue weighted by Crippen LogP contribution is -2.03. The fraction of sp³-hybridized carbons (Fsp3) is 0.455. The van der Waals surface area contributed by atoms with E-state index in [0.717, 1.165) is 37.3 Å². The molecule has 0 radical (unpaired) electrons. The maximum atomic E-state index is 7.26. The van der Waals surface area contributed by atoms with Crippen molar-refractivity contribution >= 4 is 11.5 Å². The lowest BCUT2D eigenvalue weighted by molar-refractivity contribution is 0.789. The molecule has 2 N–H and O–H groups in total. The van der Waals surface area contributed by atoms with Gasteiger partial charge in [-0.2, -0.15) is 0 Å². The first-order chi connectivity index (χ1) is 6.79. The topological polar surface area (TPSA) is 48.8 Å². The van der Waals surface area contributed by atoms with Crippen LogP contribution in [0.25, 0.3) is 0 Å². The molecular weight excluding hydrogens is 174 g/mol. The van der Waals surface area contributed by atoms with Gasteiger partial charge in [-0.3, -0.25) is 0 Å². The van der Waals surface area contributed by atoms with Gasteiger partial charge in [0.15, 0.2) is 0 Å². The summed E-state index contributed by atoms with van der Waals surface area (Å²) in [5.74, 6) is 0.930. The smallest absolute Gasteiger partial charge is 0.125 e. The molecule has 0 spiro atoms. The van der Waals surface area contributed by atoms with Gasteiger partial charge < -0.3 is 10.7 Å². The highest BCUT2D eigenvalue weighted by Gasteiger charge is 1.92. The zero-order valence-corrected chi connectivity index (χ0v) is 8.59. The number of hydrogen-bond acceptors (Lipinski definition) is 3. The van der Waals surface area contributed by atoms with Crippen molar-refractivity contribution in [1.29, 1.82) is 5.41 Å². The summed E-state index contributed by atoms with van der Waals surface area (Å²) in [7, 11) is 0. The van der Waals surface area contributed by atoms with E-state index in [1.54, 1.807) is 6.20 Å². The second-order valence-corrected chi connectivity index (χ2v) is 3.38. The summed E-state index contributed by atoms with van der Waals surface area (Å²) in [6.07, 6.45) is 4.86. The number of nitrogens with one attached hydrogen (secondary N) is 2.